The van der Waals surface area contributed by atoms with Crippen molar-refractivity contribution >= 4 is 34.9 Å². The smallest absolute Gasteiger partial charge is 0.322 e. The molecule has 1 aromatic heterocycles. The molecule has 3 amide bonds. The molecule has 1 aliphatic rings. The van der Waals surface area contributed by atoms with Gasteiger partial charge in [0.2, 0.25) is 0 Å². The fourth-order valence-corrected chi connectivity index (χ4v) is 2.79. The van der Waals surface area contributed by atoms with E-state index in [0.29, 0.717) is 52.9 Å². The minimum Gasteiger partial charge on any atom is -0.359 e. The summed E-state index contributed by atoms with van der Waals surface area (Å²) in [5.41, 5.74) is 2.11. The lowest BCUT2D eigenvalue weighted by Crippen LogP contribution is -2.28. The first-order chi connectivity index (χ1) is 11.5. The van der Waals surface area contributed by atoms with E-state index in [1.165, 1.54) is 4.90 Å². The molecule has 3 rings (SSSR count). The third-order valence-corrected chi connectivity index (χ3v) is 4.17. The number of rotatable bonds is 4. The summed E-state index contributed by atoms with van der Waals surface area (Å²) >= 11 is 6.18. The lowest BCUT2D eigenvalue weighted by molar-refractivity contribution is 0.102. The number of aryl methyl sites for hydroxylation is 2. The molecule has 2 N–H and O–H groups in total. The molecule has 0 bridgehead atoms. The van der Waals surface area contributed by atoms with Gasteiger partial charge in [-0.25, -0.2) is 4.79 Å². The number of nitrogens with zero attached hydrogens (tertiary/aromatic N) is 2. The second-order valence-corrected chi connectivity index (χ2v) is 5.83. The Balaban J connectivity index is 1.88. The van der Waals surface area contributed by atoms with Gasteiger partial charge in [-0.05, 0) is 25.1 Å². The van der Waals surface area contributed by atoms with Crippen LogP contribution in [-0.4, -0.2) is 30.2 Å². The molecule has 1 aromatic carbocycles. The van der Waals surface area contributed by atoms with Crippen LogP contribution in [-0.2, 0) is 6.42 Å². The van der Waals surface area contributed by atoms with Crippen LogP contribution in [0, 0.1) is 6.92 Å². The summed E-state index contributed by atoms with van der Waals surface area (Å²) in [6.45, 7) is 4.74. The normalized spacial score (nSPS) is 14.0. The summed E-state index contributed by atoms with van der Waals surface area (Å²) < 4.78 is 5.17. The number of hydrogen-bond acceptors (Lipinski definition) is 4. The van der Waals surface area contributed by atoms with Gasteiger partial charge >= 0.3 is 6.03 Å². The average Bonchev–Trinajstić information content (AvgIpc) is 3.14. The number of hydrogen-bond donors (Lipinski definition) is 2. The number of nitrogens with one attached hydrogen (secondary N) is 2. The predicted octanol–water partition coefficient (Wildman–Crippen LogP) is 2.98. The Bertz CT molecular complexity index is 803. The Hall–Kier alpha value is -2.54. The predicted molar refractivity (Wildman–Crippen MR) is 90.8 cm³/mol. The van der Waals surface area contributed by atoms with Gasteiger partial charge in [-0.1, -0.05) is 23.7 Å². The molecule has 2 heterocycles. The average molecular weight is 349 g/mol. The fraction of sp³-hybridized carbons (Fsp3) is 0.312. The Morgan fingerprint density at radius 1 is 1.50 bits per heavy atom. The molecule has 0 atom stereocenters. The van der Waals surface area contributed by atoms with Gasteiger partial charge in [0.05, 0.1) is 10.7 Å². The minimum atomic E-state index is -0.312. The number of anilines is 2. The van der Waals surface area contributed by atoms with Crippen molar-refractivity contribution in [3.05, 3.63) is 40.2 Å². The first-order valence-corrected chi connectivity index (χ1v) is 8.00. The quantitative estimate of drug-likeness (QED) is 0.889. The standard InChI is InChI=1S/C16H17ClN4O3/c1-3-13-14(9(2)20-24-13)19-15(22)10-4-5-11(17)12(8-10)21-7-6-18-16(21)23/h4-5,8H,3,6-7H2,1-2H3,(H,18,23)(H,19,22). The van der Waals surface area contributed by atoms with Crippen molar-refractivity contribution in [2.45, 2.75) is 20.3 Å². The molecule has 126 valence electrons. The second kappa shape index (κ2) is 6.52. The Kier molecular flexibility index (Phi) is 4.44. The molecule has 0 aliphatic carbocycles. The van der Waals surface area contributed by atoms with E-state index in [4.69, 9.17) is 16.1 Å². The summed E-state index contributed by atoms with van der Waals surface area (Å²) in [5, 5.41) is 9.81. The van der Waals surface area contributed by atoms with Crippen LogP contribution in [0.4, 0.5) is 16.2 Å². The fourth-order valence-electron chi connectivity index (χ4n) is 2.57. The molecule has 0 radical (unpaired) electrons. The van der Waals surface area contributed by atoms with Crippen molar-refractivity contribution in [1.82, 2.24) is 10.5 Å². The molecule has 8 heteroatoms. The van der Waals surface area contributed by atoms with E-state index >= 15 is 0 Å². The van der Waals surface area contributed by atoms with Crippen molar-refractivity contribution in [3.8, 4) is 0 Å². The molecule has 24 heavy (non-hydrogen) atoms. The maximum atomic E-state index is 12.5. The maximum Gasteiger partial charge on any atom is 0.322 e. The zero-order valence-corrected chi connectivity index (χ0v) is 14.1. The van der Waals surface area contributed by atoms with E-state index in [1.54, 1.807) is 25.1 Å². The van der Waals surface area contributed by atoms with Crippen LogP contribution < -0.4 is 15.5 Å². The lowest BCUT2D eigenvalue weighted by Gasteiger charge is -2.17. The first-order valence-electron chi connectivity index (χ1n) is 7.62. The van der Waals surface area contributed by atoms with Crippen LogP contribution in [0.25, 0.3) is 0 Å². The topological polar surface area (TPSA) is 87.5 Å². The van der Waals surface area contributed by atoms with Gasteiger partial charge in [0, 0.05) is 25.1 Å². The van der Waals surface area contributed by atoms with Crippen molar-refractivity contribution < 1.29 is 14.1 Å². The third-order valence-electron chi connectivity index (χ3n) is 3.85. The molecule has 1 saturated heterocycles. The van der Waals surface area contributed by atoms with Crippen LogP contribution in [0.5, 0.6) is 0 Å². The monoisotopic (exact) mass is 348 g/mol. The summed E-state index contributed by atoms with van der Waals surface area (Å²) in [7, 11) is 0. The second-order valence-electron chi connectivity index (χ2n) is 5.42. The van der Waals surface area contributed by atoms with Crippen molar-refractivity contribution in [2.24, 2.45) is 0 Å². The van der Waals surface area contributed by atoms with E-state index < -0.39 is 0 Å². The number of urea groups is 1. The third kappa shape index (κ3) is 2.94. The molecule has 0 saturated carbocycles. The Labute approximate surface area is 143 Å². The molecule has 2 aromatic rings. The maximum absolute atomic E-state index is 12.5. The van der Waals surface area contributed by atoms with Crippen LogP contribution in [0.3, 0.4) is 0 Å². The molecule has 1 fully saturated rings. The van der Waals surface area contributed by atoms with Gasteiger partial charge in [0.1, 0.15) is 11.4 Å². The number of carbonyl (C=O) groups is 2. The minimum absolute atomic E-state index is 0.224. The number of benzene rings is 1. The summed E-state index contributed by atoms with van der Waals surface area (Å²) in [6, 6.07) is 4.61. The number of carbonyl (C=O) groups excluding carboxylic acids is 2. The lowest BCUT2D eigenvalue weighted by atomic mass is 10.1. The summed E-state index contributed by atoms with van der Waals surface area (Å²) in [4.78, 5) is 25.9. The first kappa shape index (κ1) is 16.3. The highest BCUT2D eigenvalue weighted by Gasteiger charge is 2.24. The van der Waals surface area contributed by atoms with Crippen molar-refractivity contribution in [1.29, 1.82) is 0 Å². The molecule has 0 spiro atoms. The molecule has 0 unspecified atom stereocenters. The van der Waals surface area contributed by atoms with E-state index in [2.05, 4.69) is 15.8 Å². The van der Waals surface area contributed by atoms with Gasteiger partial charge < -0.3 is 15.2 Å². The Morgan fingerprint density at radius 2 is 2.29 bits per heavy atom. The van der Waals surface area contributed by atoms with Crippen molar-refractivity contribution in [3.63, 3.8) is 0 Å². The molecule has 1 aliphatic heterocycles. The highest BCUT2D eigenvalue weighted by atomic mass is 35.5. The molecular formula is C16H17ClN4O3. The highest BCUT2D eigenvalue weighted by Crippen LogP contribution is 2.29. The highest BCUT2D eigenvalue weighted by molar-refractivity contribution is 6.34. The number of halogens is 1. The summed E-state index contributed by atoms with van der Waals surface area (Å²) in [5.74, 6) is 0.308. The van der Waals surface area contributed by atoms with E-state index in [0.717, 1.165) is 0 Å². The summed E-state index contributed by atoms with van der Waals surface area (Å²) in [6.07, 6.45) is 0.621. The largest absolute Gasteiger partial charge is 0.359 e. The van der Waals surface area contributed by atoms with E-state index in [-0.39, 0.29) is 11.9 Å². The van der Waals surface area contributed by atoms with Gasteiger partial charge in [-0.3, -0.25) is 9.69 Å². The van der Waals surface area contributed by atoms with Crippen LogP contribution in [0.1, 0.15) is 28.7 Å². The Morgan fingerprint density at radius 3 is 2.96 bits per heavy atom. The number of amides is 3. The molecule has 7 nitrogen and oxygen atoms in total. The number of aromatic nitrogens is 1. The van der Waals surface area contributed by atoms with E-state index in [1.807, 2.05) is 6.92 Å². The van der Waals surface area contributed by atoms with Crippen LogP contribution in [0.2, 0.25) is 5.02 Å². The zero-order chi connectivity index (χ0) is 17.3. The van der Waals surface area contributed by atoms with Crippen molar-refractivity contribution in [2.75, 3.05) is 23.3 Å². The van der Waals surface area contributed by atoms with E-state index in [9.17, 15) is 9.59 Å². The van der Waals surface area contributed by atoms with Crippen LogP contribution >= 0.6 is 11.6 Å². The van der Waals surface area contributed by atoms with Gasteiger partial charge in [-0.2, -0.15) is 0 Å². The van der Waals surface area contributed by atoms with Crippen LogP contribution in [0.15, 0.2) is 22.7 Å². The zero-order valence-electron chi connectivity index (χ0n) is 13.4. The van der Waals surface area contributed by atoms with Gasteiger partial charge in [0.25, 0.3) is 5.91 Å². The SMILES string of the molecule is CCc1onc(C)c1NC(=O)c1ccc(Cl)c(N2CCNC2=O)c1. The van der Waals surface area contributed by atoms with Gasteiger partial charge in [-0.15, -0.1) is 0 Å². The molecular weight excluding hydrogens is 332 g/mol. The van der Waals surface area contributed by atoms with Gasteiger partial charge in [0.15, 0.2) is 5.76 Å².